The quantitative estimate of drug-likeness (QED) is 0.902. The van der Waals surface area contributed by atoms with E-state index in [1.54, 1.807) is 29.5 Å². The molecule has 1 N–H and O–H groups in total. The zero-order valence-electron chi connectivity index (χ0n) is 8.74. The summed E-state index contributed by atoms with van der Waals surface area (Å²) in [5, 5.41) is 5.37. The number of nitrogens with one attached hydrogen (secondary N) is 1. The van der Waals surface area contributed by atoms with Gasteiger partial charge in [-0.1, -0.05) is 17.7 Å². The Labute approximate surface area is 117 Å². The highest BCUT2D eigenvalue weighted by Gasteiger charge is 2.07. The van der Waals surface area contributed by atoms with E-state index < -0.39 is 0 Å². The molecule has 0 saturated carbocycles. The molecule has 0 saturated heterocycles. The minimum Gasteiger partial charge on any atom is -0.347 e. The number of amides is 1. The van der Waals surface area contributed by atoms with Crippen molar-refractivity contribution in [2.24, 2.45) is 0 Å². The van der Waals surface area contributed by atoms with Crippen LogP contribution in [0.2, 0.25) is 5.02 Å². The van der Waals surface area contributed by atoms with Crippen LogP contribution < -0.4 is 5.32 Å². The Morgan fingerprint density at radius 1 is 1.41 bits per heavy atom. The summed E-state index contributed by atoms with van der Waals surface area (Å²) in [5.41, 5.74) is 0.565. The maximum Gasteiger partial charge on any atom is 0.251 e. The smallest absolute Gasteiger partial charge is 0.251 e. The van der Waals surface area contributed by atoms with Gasteiger partial charge in [-0.25, -0.2) is 0 Å². The molecule has 2 nitrogen and oxygen atoms in total. The van der Waals surface area contributed by atoms with E-state index in [0.717, 1.165) is 9.35 Å². The molecule has 0 radical (unpaired) electrons. The third-order valence-corrected chi connectivity index (χ3v) is 4.29. The van der Waals surface area contributed by atoms with E-state index in [-0.39, 0.29) is 5.91 Å². The fourth-order valence-corrected chi connectivity index (χ4v) is 2.39. The number of carbonyl (C=O) groups excluding carboxylic acids is 1. The van der Waals surface area contributed by atoms with Crippen LogP contribution in [0.4, 0.5) is 0 Å². The molecule has 2 aromatic rings. The summed E-state index contributed by atoms with van der Waals surface area (Å²) < 4.78 is 0.786. The Morgan fingerprint density at radius 3 is 2.88 bits per heavy atom. The third-order valence-electron chi connectivity index (χ3n) is 2.19. The SMILES string of the molecule is O=C(NCc1cccs1)c1ccc(Br)c(Cl)c1. The van der Waals surface area contributed by atoms with Crippen LogP contribution in [0.1, 0.15) is 15.2 Å². The molecule has 0 aliphatic carbocycles. The highest BCUT2D eigenvalue weighted by atomic mass is 79.9. The van der Waals surface area contributed by atoms with Gasteiger partial charge >= 0.3 is 0 Å². The van der Waals surface area contributed by atoms with Crippen molar-refractivity contribution in [3.8, 4) is 0 Å². The second kappa shape index (κ2) is 5.67. The lowest BCUT2D eigenvalue weighted by molar-refractivity contribution is 0.0951. The van der Waals surface area contributed by atoms with Crippen molar-refractivity contribution >= 4 is 44.8 Å². The predicted octanol–water partition coefficient (Wildman–Crippen LogP) is 4.09. The van der Waals surface area contributed by atoms with E-state index in [0.29, 0.717) is 17.1 Å². The molecule has 0 spiro atoms. The first kappa shape index (κ1) is 12.6. The maximum absolute atomic E-state index is 11.8. The van der Waals surface area contributed by atoms with Crippen molar-refractivity contribution in [1.29, 1.82) is 0 Å². The summed E-state index contributed by atoms with van der Waals surface area (Å²) in [5.74, 6) is -0.118. The van der Waals surface area contributed by atoms with Crippen LogP contribution in [0.25, 0.3) is 0 Å². The first-order chi connectivity index (χ1) is 8.16. The molecular weight excluding hydrogens is 322 g/mol. The highest BCUT2D eigenvalue weighted by Crippen LogP contribution is 2.23. The average molecular weight is 331 g/mol. The van der Waals surface area contributed by atoms with Crippen molar-refractivity contribution in [2.75, 3.05) is 0 Å². The zero-order chi connectivity index (χ0) is 12.3. The summed E-state index contributed by atoms with van der Waals surface area (Å²) in [7, 11) is 0. The maximum atomic E-state index is 11.8. The first-order valence-electron chi connectivity index (χ1n) is 4.92. The number of benzene rings is 1. The molecule has 17 heavy (non-hydrogen) atoms. The number of rotatable bonds is 3. The summed E-state index contributed by atoms with van der Waals surface area (Å²) in [6.45, 7) is 0.546. The van der Waals surface area contributed by atoms with E-state index >= 15 is 0 Å². The van der Waals surface area contributed by atoms with E-state index in [4.69, 9.17) is 11.6 Å². The molecule has 5 heteroatoms. The number of halogens is 2. The monoisotopic (exact) mass is 329 g/mol. The molecule has 0 aliphatic rings. The number of thiophene rings is 1. The summed E-state index contributed by atoms with van der Waals surface area (Å²) in [4.78, 5) is 12.9. The minimum absolute atomic E-state index is 0.118. The lowest BCUT2D eigenvalue weighted by atomic mass is 10.2. The Hall–Kier alpha value is -0.840. The van der Waals surface area contributed by atoms with Crippen molar-refractivity contribution in [1.82, 2.24) is 5.32 Å². The van der Waals surface area contributed by atoms with Gasteiger partial charge in [-0.3, -0.25) is 4.79 Å². The van der Waals surface area contributed by atoms with Gasteiger partial charge in [0.1, 0.15) is 0 Å². The van der Waals surface area contributed by atoms with Gasteiger partial charge in [0.25, 0.3) is 5.91 Å². The Bertz CT molecular complexity index is 527. The fourth-order valence-electron chi connectivity index (χ4n) is 1.32. The summed E-state index contributed by atoms with van der Waals surface area (Å²) in [6, 6.07) is 9.10. The van der Waals surface area contributed by atoms with E-state index in [2.05, 4.69) is 21.2 Å². The van der Waals surface area contributed by atoms with Crippen LogP contribution in [-0.2, 0) is 6.54 Å². The standard InChI is InChI=1S/C12H9BrClNOS/c13-10-4-3-8(6-11(10)14)12(16)15-7-9-2-1-5-17-9/h1-6H,7H2,(H,15,16). The second-order valence-electron chi connectivity index (χ2n) is 3.39. The lowest BCUT2D eigenvalue weighted by Gasteiger charge is -2.04. The molecule has 1 aromatic carbocycles. The molecule has 1 aromatic heterocycles. The molecule has 0 bridgehead atoms. The molecule has 0 unspecified atom stereocenters. The molecular formula is C12H9BrClNOS. The number of hydrogen-bond acceptors (Lipinski definition) is 2. The van der Waals surface area contributed by atoms with E-state index in [1.165, 1.54) is 0 Å². The largest absolute Gasteiger partial charge is 0.347 e. The number of carbonyl (C=O) groups is 1. The normalized spacial score (nSPS) is 10.2. The fraction of sp³-hybridized carbons (Fsp3) is 0.0833. The van der Waals surface area contributed by atoms with Crippen LogP contribution in [0.15, 0.2) is 40.2 Å². The Morgan fingerprint density at radius 2 is 2.24 bits per heavy atom. The molecule has 88 valence electrons. The van der Waals surface area contributed by atoms with Crippen LogP contribution in [0.3, 0.4) is 0 Å². The van der Waals surface area contributed by atoms with Crippen LogP contribution in [-0.4, -0.2) is 5.91 Å². The van der Waals surface area contributed by atoms with Gasteiger partial charge in [-0.2, -0.15) is 0 Å². The molecule has 1 heterocycles. The average Bonchev–Trinajstić information content (AvgIpc) is 2.82. The van der Waals surface area contributed by atoms with Crippen molar-refractivity contribution in [2.45, 2.75) is 6.54 Å². The van der Waals surface area contributed by atoms with Crippen LogP contribution in [0, 0.1) is 0 Å². The molecule has 2 rings (SSSR count). The lowest BCUT2D eigenvalue weighted by Crippen LogP contribution is -2.22. The van der Waals surface area contributed by atoms with Gasteiger partial charge in [0.15, 0.2) is 0 Å². The Kier molecular flexibility index (Phi) is 4.20. The minimum atomic E-state index is -0.118. The van der Waals surface area contributed by atoms with Gasteiger partial charge in [0, 0.05) is 14.9 Å². The topological polar surface area (TPSA) is 29.1 Å². The number of hydrogen-bond donors (Lipinski definition) is 1. The zero-order valence-corrected chi connectivity index (χ0v) is 11.9. The Balaban J connectivity index is 2.02. The van der Waals surface area contributed by atoms with Gasteiger partial charge in [0.2, 0.25) is 0 Å². The molecule has 1 amide bonds. The van der Waals surface area contributed by atoms with Crippen molar-refractivity contribution < 1.29 is 4.79 Å². The van der Waals surface area contributed by atoms with Gasteiger partial charge in [-0.15, -0.1) is 11.3 Å². The van der Waals surface area contributed by atoms with Crippen molar-refractivity contribution in [3.05, 3.63) is 55.6 Å². The molecule has 0 atom stereocenters. The van der Waals surface area contributed by atoms with E-state index in [1.807, 2.05) is 17.5 Å². The predicted molar refractivity (Wildman–Crippen MR) is 74.6 cm³/mol. The van der Waals surface area contributed by atoms with Gasteiger partial charge in [-0.05, 0) is 45.6 Å². The van der Waals surface area contributed by atoms with Crippen LogP contribution >= 0.6 is 38.9 Å². The third kappa shape index (κ3) is 3.31. The molecule has 0 fully saturated rings. The van der Waals surface area contributed by atoms with Gasteiger partial charge in [0.05, 0.1) is 11.6 Å². The van der Waals surface area contributed by atoms with Crippen LogP contribution in [0.5, 0.6) is 0 Å². The summed E-state index contributed by atoms with van der Waals surface area (Å²) in [6.07, 6.45) is 0. The molecule has 0 aliphatic heterocycles. The highest BCUT2D eigenvalue weighted by molar-refractivity contribution is 9.10. The first-order valence-corrected chi connectivity index (χ1v) is 6.97. The van der Waals surface area contributed by atoms with Crippen molar-refractivity contribution in [3.63, 3.8) is 0 Å². The summed E-state index contributed by atoms with van der Waals surface area (Å²) >= 11 is 10.8. The second-order valence-corrected chi connectivity index (χ2v) is 5.68. The van der Waals surface area contributed by atoms with Gasteiger partial charge < -0.3 is 5.32 Å². The van der Waals surface area contributed by atoms with E-state index in [9.17, 15) is 4.79 Å².